The van der Waals surface area contributed by atoms with Crippen LogP contribution in [0, 0.1) is 10.1 Å². The van der Waals surface area contributed by atoms with Gasteiger partial charge in [0.05, 0.1) is 28.2 Å². The highest BCUT2D eigenvalue weighted by Crippen LogP contribution is 2.18. The Labute approximate surface area is 163 Å². The average molecular weight is 399 g/mol. The molecule has 28 heavy (non-hydrogen) atoms. The van der Waals surface area contributed by atoms with E-state index in [0.717, 1.165) is 10.2 Å². The number of ether oxygens (including phenoxy) is 1. The van der Waals surface area contributed by atoms with Gasteiger partial charge >= 0.3 is 5.97 Å². The Balaban J connectivity index is 2.00. The van der Waals surface area contributed by atoms with E-state index in [1.54, 1.807) is 11.5 Å². The average Bonchev–Trinajstić information content (AvgIpc) is 3.03. The lowest BCUT2D eigenvalue weighted by Gasteiger charge is -2.05. The molecule has 1 aromatic heterocycles. The normalized spacial score (nSPS) is 11.5. The van der Waals surface area contributed by atoms with Gasteiger partial charge in [0.1, 0.15) is 0 Å². The molecule has 0 unspecified atom stereocenters. The van der Waals surface area contributed by atoms with Gasteiger partial charge in [-0.25, -0.2) is 0 Å². The number of benzene rings is 2. The summed E-state index contributed by atoms with van der Waals surface area (Å²) in [5, 5.41) is 10.9. The van der Waals surface area contributed by atoms with E-state index in [-0.39, 0.29) is 23.6 Å². The maximum atomic E-state index is 12.6. The molecule has 0 bridgehead atoms. The minimum absolute atomic E-state index is 0.128. The SMILES string of the molecule is CCOC(=O)CCn1c(=NC(=O)c2cccc([N+](=O)[O-])c2)sc2ccccc21. The number of rotatable bonds is 6. The highest BCUT2D eigenvalue weighted by Gasteiger charge is 2.13. The number of carbonyl (C=O) groups excluding carboxylic acids is 2. The highest BCUT2D eigenvalue weighted by molar-refractivity contribution is 7.16. The quantitative estimate of drug-likeness (QED) is 0.359. The summed E-state index contributed by atoms with van der Waals surface area (Å²) in [6, 6.07) is 13.0. The van der Waals surface area contributed by atoms with Crippen LogP contribution in [0.15, 0.2) is 53.5 Å². The summed E-state index contributed by atoms with van der Waals surface area (Å²) < 4.78 is 7.67. The summed E-state index contributed by atoms with van der Waals surface area (Å²) >= 11 is 1.31. The lowest BCUT2D eigenvalue weighted by atomic mass is 10.2. The van der Waals surface area contributed by atoms with Gasteiger partial charge in [-0.2, -0.15) is 4.99 Å². The van der Waals surface area contributed by atoms with Crippen LogP contribution in [0.2, 0.25) is 0 Å². The molecule has 0 aliphatic rings. The number of fused-ring (bicyclic) bond motifs is 1. The van der Waals surface area contributed by atoms with Crippen LogP contribution >= 0.6 is 11.3 Å². The van der Waals surface area contributed by atoms with Crippen molar-refractivity contribution in [3.63, 3.8) is 0 Å². The zero-order valence-electron chi connectivity index (χ0n) is 15.0. The molecule has 0 aliphatic carbocycles. The Morgan fingerprint density at radius 2 is 2.00 bits per heavy atom. The van der Waals surface area contributed by atoms with Crippen LogP contribution in [0.1, 0.15) is 23.7 Å². The Bertz CT molecular complexity index is 1120. The number of nitrogens with zero attached hydrogens (tertiary/aromatic N) is 3. The van der Waals surface area contributed by atoms with E-state index in [2.05, 4.69) is 4.99 Å². The van der Waals surface area contributed by atoms with Crippen molar-refractivity contribution >= 4 is 39.1 Å². The van der Waals surface area contributed by atoms with Crippen molar-refractivity contribution in [2.24, 2.45) is 4.99 Å². The second-order valence-electron chi connectivity index (χ2n) is 5.78. The highest BCUT2D eigenvalue weighted by atomic mass is 32.1. The molecule has 0 atom stereocenters. The van der Waals surface area contributed by atoms with Gasteiger partial charge in [0.2, 0.25) is 0 Å². The molecule has 2 aromatic carbocycles. The van der Waals surface area contributed by atoms with Crippen LogP contribution in [0.25, 0.3) is 10.2 Å². The first-order valence-electron chi connectivity index (χ1n) is 8.57. The van der Waals surface area contributed by atoms with Gasteiger partial charge in [0, 0.05) is 24.2 Å². The Morgan fingerprint density at radius 3 is 2.75 bits per heavy atom. The topological polar surface area (TPSA) is 104 Å². The molecule has 0 saturated heterocycles. The van der Waals surface area contributed by atoms with Gasteiger partial charge in [-0.15, -0.1) is 0 Å². The fourth-order valence-corrected chi connectivity index (χ4v) is 3.72. The predicted molar refractivity (Wildman–Crippen MR) is 104 cm³/mol. The summed E-state index contributed by atoms with van der Waals surface area (Å²) in [5.74, 6) is -0.915. The van der Waals surface area contributed by atoms with E-state index in [9.17, 15) is 19.7 Å². The van der Waals surface area contributed by atoms with Crippen molar-refractivity contribution in [3.05, 3.63) is 69.0 Å². The number of esters is 1. The number of aryl methyl sites for hydroxylation is 1. The monoisotopic (exact) mass is 399 g/mol. The van der Waals surface area contributed by atoms with E-state index in [1.165, 1.54) is 35.6 Å². The maximum absolute atomic E-state index is 12.6. The second kappa shape index (κ2) is 8.57. The van der Waals surface area contributed by atoms with Crippen molar-refractivity contribution in [2.45, 2.75) is 19.9 Å². The summed E-state index contributed by atoms with van der Waals surface area (Å²) in [6.07, 6.45) is 0.146. The molecule has 0 spiro atoms. The predicted octanol–water partition coefficient (Wildman–Crippen LogP) is 3.31. The third-order valence-corrected chi connectivity index (χ3v) is 4.99. The molecular formula is C19H17N3O5S. The summed E-state index contributed by atoms with van der Waals surface area (Å²) in [7, 11) is 0. The molecule has 144 valence electrons. The lowest BCUT2D eigenvalue weighted by molar-refractivity contribution is -0.384. The van der Waals surface area contributed by atoms with Crippen LogP contribution in [0.5, 0.6) is 0 Å². The van der Waals surface area contributed by atoms with Gasteiger partial charge in [0.25, 0.3) is 11.6 Å². The Morgan fingerprint density at radius 1 is 1.21 bits per heavy atom. The molecule has 0 aliphatic heterocycles. The molecule has 3 aromatic rings. The van der Waals surface area contributed by atoms with Crippen LogP contribution in [0.3, 0.4) is 0 Å². The minimum Gasteiger partial charge on any atom is -0.466 e. The van der Waals surface area contributed by atoms with Gasteiger partial charge in [0.15, 0.2) is 4.80 Å². The molecule has 1 heterocycles. The van der Waals surface area contributed by atoms with Crippen LogP contribution < -0.4 is 4.80 Å². The zero-order valence-corrected chi connectivity index (χ0v) is 15.8. The van der Waals surface area contributed by atoms with Crippen LogP contribution in [0.4, 0.5) is 5.69 Å². The fourth-order valence-electron chi connectivity index (χ4n) is 2.66. The number of hydrogen-bond donors (Lipinski definition) is 0. The number of thiazole rings is 1. The first kappa shape index (κ1) is 19.4. The molecule has 0 N–H and O–H groups in total. The first-order chi connectivity index (χ1) is 13.5. The molecule has 0 radical (unpaired) electrons. The molecule has 0 saturated carbocycles. The maximum Gasteiger partial charge on any atom is 0.307 e. The van der Waals surface area contributed by atoms with E-state index in [1.807, 2.05) is 24.3 Å². The number of aromatic nitrogens is 1. The third kappa shape index (κ3) is 4.32. The molecule has 9 heteroatoms. The van der Waals surface area contributed by atoms with Crippen molar-refractivity contribution < 1.29 is 19.2 Å². The van der Waals surface area contributed by atoms with Crippen molar-refractivity contribution in [2.75, 3.05) is 6.61 Å². The number of carbonyl (C=O) groups is 2. The number of nitro benzene ring substituents is 1. The Kier molecular flexibility index (Phi) is 5.95. The van der Waals surface area contributed by atoms with E-state index in [4.69, 9.17) is 4.74 Å². The summed E-state index contributed by atoms with van der Waals surface area (Å²) in [6.45, 7) is 2.35. The molecule has 1 amide bonds. The lowest BCUT2D eigenvalue weighted by Crippen LogP contribution is -2.19. The van der Waals surface area contributed by atoms with Gasteiger partial charge < -0.3 is 9.30 Å². The Hall–Kier alpha value is -3.33. The fraction of sp³-hybridized carbons (Fsp3) is 0.211. The second-order valence-corrected chi connectivity index (χ2v) is 6.79. The van der Waals surface area contributed by atoms with E-state index >= 15 is 0 Å². The number of amides is 1. The van der Waals surface area contributed by atoms with E-state index < -0.39 is 10.8 Å². The van der Waals surface area contributed by atoms with Gasteiger partial charge in [-0.1, -0.05) is 29.5 Å². The van der Waals surface area contributed by atoms with Crippen molar-refractivity contribution in [3.8, 4) is 0 Å². The third-order valence-electron chi connectivity index (χ3n) is 3.93. The first-order valence-corrected chi connectivity index (χ1v) is 9.38. The molecular weight excluding hydrogens is 382 g/mol. The van der Waals surface area contributed by atoms with Crippen LogP contribution in [-0.2, 0) is 16.1 Å². The molecule has 0 fully saturated rings. The standard InChI is InChI=1S/C19H17N3O5S/c1-2-27-17(23)10-11-21-15-8-3-4-9-16(15)28-19(21)20-18(24)13-6-5-7-14(12-13)22(25)26/h3-9,12H,2,10-11H2,1H3. The molecule has 3 rings (SSSR count). The van der Waals surface area contributed by atoms with Crippen molar-refractivity contribution in [1.29, 1.82) is 0 Å². The van der Waals surface area contributed by atoms with Gasteiger partial charge in [-0.05, 0) is 25.1 Å². The van der Waals surface area contributed by atoms with E-state index in [0.29, 0.717) is 18.0 Å². The number of para-hydroxylation sites is 1. The smallest absolute Gasteiger partial charge is 0.307 e. The minimum atomic E-state index is -0.583. The number of non-ortho nitro benzene ring substituents is 1. The van der Waals surface area contributed by atoms with Crippen molar-refractivity contribution in [1.82, 2.24) is 4.57 Å². The molecule has 8 nitrogen and oxygen atoms in total. The zero-order chi connectivity index (χ0) is 20.1. The summed E-state index contributed by atoms with van der Waals surface area (Å²) in [4.78, 5) is 39.3. The van der Waals surface area contributed by atoms with Crippen LogP contribution in [-0.4, -0.2) is 28.0 Å². The largest absolute Gasteiger partial charge is 0.466 e. The number of nitro groups is 1. The number of hydrogen-bond acceptors (Lipinski definition) is 6. The summed E-state index contributed by atoms with van der Waals surface area (Å²) in [5.41, 5.74) is 0.804. The van der Waals surface area contributed by atoms with Gasteiger partial charge in [-0.3, -0.25) is 19.7 Å².